The maximum absolute atomic E-state index is 13.9. The number of nitrogens with zero attached hydrogens (tertiary/aromatic N) is 2. The van der Waals surface area contributed by atoms with Gasteiger partial charge in [0.05, 0.1) is 30.5 Å². The molecule has 0 bridgehead atoms. The number of Topliss-reactive ketones (excluding diaryl/α,β-unsaturated/α-hetero) is 1. The topological polar surface area (TPSA) is 62.6 Å². The molecule has 1 saturated carbocycles. The number of rotatable bonds is 6. The van der Waals surface area contributed by atoms with E-state index < -0.39 is 5.82 Å². The highest BCUT2D eigenvalue weighted by Gasteiger charge is 2.41. The fraction of sp³-hybridized carbons (Fsp3) is 0.280. The number of ketones is 1. The van der Waals surface area contributed by atoms with Gasteiger partial charge in [-0.2, -0.15) is 5.10 Å². The molecule has 32 heavy (non-hydrogen) atoms. The molecule has 6 nitrogen and oxygen atoms in total. The predicted octanol–water partition coefficient (Wildman–Crippen LogP) is 4.59. The largest absolute Gasteiger partial charge is 0.493 e. The zero-order valence-electron chi connectivity index (χ0n) is 17.4. The number of carbonyl (C=O) groups excluding carboxylic acids is 1. The van der Waals surface area contributed by atoms with Crippen molar-refractivity contribution in [2.24, 2.45) is 5.92 Å². The molecule has 3 aromatic rings. The summed E-state index contributed by atoms with van der Waals surface area (Å²) in [5.74, 6) is -0.906. The van der Waals surface area contributed by atoms with Gasteiger partial charge in [0.1, 0.15) is 12.4 Å². The van der Waals surface area contributed by atoms with Crippen LogP contribution in [-0.2, 0) is 20.9 Å². The Balaban J connectivity index is 1.17. The van der Waals surface area contributed by atoms with Crippen LogP contribution >= 0.6 is 0 Å². The van der Waals surface area contributed by atoms with Crippen molar-refractivity contribution in [3.63, 3.8) is 0 Å². The Labute approximate surface area is 185 Å². The number of fused-ring (bicyclic) bond motifs is 1. The molecule has 0 radical (unpaired) electrons. The highest BCUT2D eigenvalue weighted by Crippen LogP contribution is 2.35. The molecule has 5 rings (SSSR count). The van der Waals surface area contributed by atoms with Crippen LogP contribution in [0.2, 0.25) is 0 Å². The first kappa shape index (κ1) is 20.5. The maximum atomic E-state index is 13.9. The van der Waals surface area contributed by atoms with Gasteiger partial charge in [-0.05, 0) is 37.1 Å². The van der Waals surface area contributed by atoms with E-state index in [0.717, 1.165) is 17.7 Å². The summed E-state index contributed by atoms with van der Waals surface area (Å²) in [5, 5.41) is 4.39. The Morgan fingerprint density at radius 2 is 1.91 bits per heavy atom. The molecular weight excluding hydrogens is 411 g/mol. The van der Waals surface area contributed by atoms with Gasteiger partial charge < -0.3 is 14.2 Å². The van der Waals surface area contributed by atoms with Crippen LogP contribution in [-0.4, -0.2) is 27.8 Å². The van der Waals surface area contributed by atoms with E-state index in [-0.39, 0.29) is 35.4 Å². The van der Waals surface area contributed by atoms with Gasteiger partial charge in [0.25, 0.3) is 0 Å². The summed E-state index contributed by atoms with van der Waals surface area (Å²) in [7, 11) is 0. The normalized spacial score (nSPS) is 22.6. The van der Waals surface area contributed by atoms with Gasteiger partial charge in [0.15, 0.2) is 11.6 Å². The fourth-order valence-electron chi connectivity index (χ4n) is 4.18. The molecule has 164 valence electrons. The van der Waals surface area contributed by atoms with E-state index >= 15 is 0 Å². The Morgan fingerprint density at radius 1 is 1.09 bits per heavy atom. The molecule has 3 atom stereocenters. The van der Waals surface area contributed by atoms with E-state index in [1.54, 1.807) is 18.3 Å². The lowest BCUT2D eigenvalue weighted by atomic mass is 9.80. The van der Waals surface area contributed by atoms with Crippen molar-refractivity contribution in [1.82, 2.24) is 9.78 Å². The predicted molar refractivity (Wildman–Crippen MR) is 114 cm³/mol. The minimum atomic E-state index is -0.518. The molecule has 3 unspecified atom stereocenters. The smallest absolute Gasteiger partial charge is 0.208 e. The van der Waals surface area contributed by atoms with Crippen LogP contribution in [0, 0.1) is 11.7 Å². The van der Waals surface area contributed by atoms with Crippen LogP contribution in [0.15, 0.2) is 79.0 Å². The van der Waals surface area contributed by atoms with Gasteiger partial charge in [-0.25, -0.2) is 9.07 Å². The van der Waals surface area contributed by atoms with E-state index in [4.69, 9.17) is 14.2 Å². The third-order valence-electron chi connectivity index (χ3n) is 5.87. The second-order valence-electron chi connectivity index (χ2n) is 8.03. The number of aromatic nitrogens is 2. The van der Waals surface area contributed by atoms with Gasteiger partial charge in [0.2, 0.25) is 11.5 Å². The van der Waals surface area contributed by atoms with Crippen molar-refractivity contribution in [1.29, 1.82) is 0 Å². The molecular formula is C25H23FN2O4. The second kappa shape index (κ2) is 8.96. The highest BCUT2D eigenvalue weighted by atomic mass is 19.1. The zero-order valence-corrected chi connectivity index (χ0v) is 17.4. The number of benzene rings is 2. The van der Waals surface area contributed by atoms with Crippen LogP contribution in [0.4, 0.5) is 4.39 Å². The third-order valence-corrected chi connectivity index (χ3v) is 5.87. The number of para-hydroxylation sites is 2. The lowest BCUT2D eigenvalue weighted by molar-refractivity contribution is -0.134. The lowest BCUT2D eigenvalue weighted by Crippen LogP contribution is -2.42. The van der Waals surface area contributed by atoms with E-state index in [1.807, 2.05) is 41.2 Å². The van der Waals surface area contributed by atoms with Gasteiger partial charge in [-0.1, -0.05) is 30.3 Å². The summed E-state index contributed by atoms with van der Waals surface area (Å²) in [4.78, 5) is 12.9. The zero-order chi connectivity index (χ0) is 21.9. The fourth-order valence-corrected chi connectivity index (χ4v) is 4.18. The van der Waals surface area contributed by atoms with Crippen molar-refractivity contribution in [2.45, 2.75) is 38.1 Å². The number of allylic oxidation sites excluding steroid dienone is 1. The van der Waals surface area contributed by atoms with Gasteiger partial charge >= 0.3 is 0 Å². The van der Waals surface area contributed by atoms with E-state index in [2.05, 4.69) is 5.10 Å². The SMILES string of the molecule is O=C1C(Oc2ccccc2F)=COC2CC(OCc3cnn(-c4ccccc4)c3)CCC12. The Morgan fingerprint density at radius 3 is 2.75 bits per heavy atom. The number of halogens is 1. The highest BCUT2D eigenvalue weighted by molar-refractivity contribution is 5.96. The molecule has 1 aliphatic carbocycles. The van der Waals surface area contributed by atoms with Crippen molar-refractivity contribution in [3.05, 3.63) is 90.4 Å². The molecule has 1 aromatic heterocycles. The molecule has 1 aliphatic heterocycles. The molecule has 1 fully saturated rings. The summed E-state index contributed by atoms with van der Waals surface area (Å²) in [6, 6.07) is 15.9. The average molecular weight is 434 g/mol. The number of carbonyl (C=O) groups is 1. The third kappa shape index (κ3) is 4.29. The summed E-state index contributed by atoms with van der Waals surface area (Å²) in [6.07, 6.45) is 6.79. The number of ether oxygens (including phenoxy) is 3. The molecule has 2 aromatic carbocycles. The summed E-state index contributed by atoms with van der Waals surface area (Å²) in [6.45, 7) is 0.445. The standard InChI is InChI=1S/C25H23FN2O4/c26-21-8-4-5-9-22(21)32-24-16-31-23-12-19(10-11-20(23)25(24)29)30-15-17-13-27-28(14-17)18-6-2-1-3-7-18/h1-9,13-14,16,19-20,23H,10-12,15H2. The van der Waals surface area contributed by atoms with Gasteiger partial charge in [-0.3, -0.25) is 4.79 Å². The quantitative estimate of drug-likeness (QED) is 0.568. The molecule has 2 aliphatic rings. The van der Waals surface area contributed by atoms with Crippen molar-refractivity contribution in [2.75, 3.05) is 0 Å². The molecule has 0 saturated heterocycles. The summed E-state index contributed by atoms with van der Waals surface area (Å²) in [5.41, 5.74) is 1.98. The van der Waals surface area contributed by atoms with Crippen molar-refractivity contribution >= 4 is 5.78 Å². The molecule has 0 spiro atoms. The van der Waals surface area contributed by atoms with Crippen molar-refractivity contribution in [3.8, 4) is 11.4 Å². The van der Waals surface area contributed by atoms with Crippen LogP contribution in [0.1, 0.15) is 24.8 Å². The summed E-state index contributed by atoms with van der Waals surface area (Å²) >= 11 is 0. The first-order valence-electron chi connectivity index (χ1n) is 10.7. The monoisotopic (exact) mass is 434 g/mol. The molecule has 2 heterocycles. The van der Waals surface area contributed by atoms with Crippen LogP contribution in [0.25, 0.3) is 5.69 Å². The molecule has 0 N–H and O–H groups in total. The van der Waals surface area contributed by atoms with Crippen LogP contribution in [0.3, 0.4) is 0 Å². The minimum absolute atomic E-state index is 0.00781. The van der Waals surface area contributed by atoms with Crippen molar-refractivity contribution < 1.29 is 23.4 Å². The second-order valence-corrected chi connectivity index (χ2v) is 8.03. The Kier molecular flexibility index (Phi) is 5.73. The van der Waals surface area contributed by atoms with Gasteiger partial charge in [-0.15, -0.1) is 0 Å². The van der Waals surface area contributed by atoms with E-state index in [0.29, 0.717) is 19.4 Å². The lowest BCUT2D eigenvalue weighted by Gasteiger charge is -2.37. The Bertz CT molecular complexity index is 1130. The summed E-state index contributed by atoms with van der Waals surface area (Å²) < 4.78 is 33.1. The van der Waals surface area contributed by atoms with E-state index in [9.17, 15) is 9.18 Å². The average Bonchev–Trinajstić information content (AvgIpc) is 3.31. The first-order valence-corrected chi connectivity index (χ1v) is 10.7. The molecule has 0 amide bonds. The first-order chi connectivity index (χ1) is 15.7. The minimum Gasteiger partial charge on any atom is -0.493 e. The van der Waals surface area contributed by atoms with E-state index in [1.165, 1.54) is 18.4 Å². The maximum Gasteiger partial charge on any atom is 0.208 e. The van der Waals surface area contributed by atoms with Crippen LogP contribution < -0.4 is 4.74 Å². The van der Waals surface area contributed by atoms with Crippen LogP contribution in [0.5, 0.6) is 5.75 Å². The number of hydrogen-bond acceptors (Lipinski definition) is 5. The van der Waals surface area contributed by atoms with Gasteiger partial charge in [0, 0.05) is 18.2 Å². The number of hydrogen-bond donors (Lipinski definition) is 0. The molecule has 7 heteroatoms. The Hall–Kier alpha value is -3.45.